The highest BCUT2D eigenvalue weighted by Crippen LogP contribution is 2.45. The molecule has 45 heavy (non-hydrogen) atoms. The van der Waals surface area contributed by atoms with Gasteiger partial charge >= 0.3 is 12.5 Å². The highest BCUT2D eigenvalue weighted by molar-refractivity contribution is 7.90. The third kappa shape index (κ3) is 5.64. The predicted octanol–water partition coefficient (Wildman–Crippen LogP) is 6.71. The molecule has 1 N–H and O–H groups in total. The molecule has 0 saturated carbocycles. The number of ether oxygens (including phenoxy) is 2. The van der Waals surface area contributed by atoms with Crippen LogP contribution in [0, 0.1) is 13.8 Å². The van der Waals surface area contributed by atoms with Gasteiger partial charge in [-0.2, -0.15) is 13.2 Å². The highest BCUT2D eigenvalue weighted by Gasteiger charge is 2.43. The van der Waals surface area contributed by atoms with Crippen molar-refractivity contribution in [1.82, 2.24) is 14.5 Å². The van der Waals surface area contributed by atoms with Crippen LogP contribution in [-0.2, 0) is 22.6 Å². The number of halogens is 5. The van der Waals surface area contributed by atoms with E-state index in [9.17, 15) is 35.5 Å². The minimum Gasteiger partial charge on any atom is -0.440 e. The molecule has 0 amide bonds. The number of nitrogens with zero attached hydrogens (tertiary/aromatic N) is 3. The van der Waals surface area contributed by atoms with E-state index in [0.717, 1.165) is 12.5 Å². The molecule has 0 fully saturated rings. The molecule has 0 atom stereocenters. The Bertz CT molecular complexity index is 2090. The molecule has 234 valence electrons. The molecule has 0 spiro atoms. The maximum atomic E-state index is 13.7. The van der Waals surface area contributed by atoms with Crippen molar-refractivity contribution in [3.8, 4) is 50.9 Å². The third-order valence-corrected chi connectivity index (χ3v) is 8.23. The van der Waals surface area contributed by atoms with Gasteiger partial charge in [0.05, 0.1) is 17.2 Å². The van der Waals surface area contributed by atoms with E-state index in [1.165, 1.54) is 54.8 Å². The Labute approximate surface area is 252 Å². The summed E-state index contributed by atoms with van der Waals surface area (Å²) in [6.07, 6.45) is -6.76. The number of rotatable bonds is 6. The smallest absolute Gasteiger partial charge is 0.440 e. The second-order valence-electron chi connectivity index (χ2n) is 10.3. The van der Waals surface area contributed by atoms with E-state index >= 15 is 0 Å². The van der Waals surface area contributed by atoms with Gasteiger partial charge in [-0.25, -0.2) is 18.4 Å². The minimum atomic E-state index is -4.73. The van der Waals surface area contributed by atoms with Gasteiger partial charge in [-0.15, -0.1) is 8.78 Å². The lowest BCUT2D eigenvalue weighted by Crippen LogP contribution is -2.25. The number of aromatic nitrogens is 3. The first kappa shape index (κ1) is 30.3. The topological polar surface area (TPSA) is 117 Å². The number of alkyl halides is 5. The van der Waals surface area contributed by atoms with Crippen LogP contribution in [0.25, 0.3) is 39.4 Å². The summed E-state index contributed by atoms with van der Waals surface area (Å²) in [6, 6.07) is 13.1. The van der Waals surface area contributed by atoms with Crippen molar-refractivity contribution in [2.45, 2.75) is 37.8 Å². The fourth-order valence-corrected chi connectivity index (χ4v) is 6.02. The van der Waals surface area contributed by atoms with Crippen molar-refractivity contribution in [3.63, 3.8) is 0 Å². The second kappa shape index (κ2) is 10.4. The summed E-state index contributed by atoms with van der Waals surface area (Å²) in [5.74, 6) is -0.215. The monoisotopic (exact) mass is 647 g/mol. The van der Waals surface area contributed by atoms with Crippen LogP contribution in [-0.4, -0.2) is 40.6 Å². The number of fused-ring (bicyclic) bond motifs is 1. The van der Waals surface area contributed by atoms with Gasteiger partial charge in [0.1, 0.15) is 11.5 Å². The van der Waals surface area contributed by atoms with E-state index in [4.69, 9.17) is 4.42 Å². The van der Waals surface area contributed by atoms with Gasteiger partial charge < -0.3 is 23.6 Å². The molecule has 9 nitrogen and oxygen atoms in total. The molecule has 0 bridgehead atoms. The molecular formula is C30H22F5N3O6S. The number of benzene rings is 3. The van der Waals surface area contributed by atoms with E-state index in [1.54, 1.807) is 18.2 Å². The normalized spacial score (nSPS) is 14.2. The molecule has 2 aromatic heterocycles. The van der Waals surface area contributed by atoms with E-state index in [1.807, 2.05) is 0 Å². The SMILES string of the molecule is Cc1nc(-c2ccc3c(c2)OC(F)(F)O3)c(-c2cc(-c3ccc(CO)c(S(C)(=O)=O)c3)ccc2-n2cc(C(F)(F)F)nc2C)o1. The number of aliphatic hydroxyl groups excluding tert-OH is 1. The van der Waals surface area contributed by atoms with Gasteiger partial charge in [-0.05, 0) is 60.0 Å². The first-order valence-corrected chi connectivity index (χ1v) is 15.0. The summed E-state index contributed by atoms with van der Waals surface area (Å²) in [7, 11) is -3.74. The fourth-order valence-electron chi connectivity index (χ4n) is 5.07. The maximum absolute atomic E-state index is 13.7. The van der Waals surface area contributed by atoms with Crippen molar-refractivity contribution in [2.75, 3.05) is 6.26 Å². The second-order valence-corrected chi connectivity index (χ2v) is 12.2. The molecule has 6 rings (SSSR count). The average molecular weight is 648 g/mol. The van der Waals surface area contributed by atoms with Crippen molar-refractivity contribution in [3.05, 3.63) is 83.8 Å². The van der Waals surface area contributed by atoms with E-state index < -0.39 is 34.6 Å². The fraction of sp³-hybridized carbons (Fsp3) is 0.200. The van der Waals surface area contributed by atoms with Gasteiger partial charge in [-0.3, -0.25) is 0 Å². The molecule has 3 aromatic carbocycles. The lowest BCUT2D eigenvalue weighted by molar-refractivity contribution is -0.286. The van der Waals surface area contributed by atoms with Crippen molar-refractivity contribution in [1.29, 1.82) is 0 Å². The largest absolute Gasteiger partial charge is 0.586 e. The van der Waals surface area contributed by atoms with Gasteiger partial charge in [0.2, 0.25) is 0 Å². The zero-order chi connectivity index (χ0) is 32.5. The van der Waals surface area contributed by atoms with Crippen LogP contribution in [0.4, 0.5) is 22.0 Å². The number of aliphatic hydroxyl groups is 1. The maximum Gasteiger partial charge on any atom is 0.586 e. The number of imidazole rings is 1. The Morgan fingerprint density at radius 1 is 0.911 bits per heavy atom. The van der Waals surface area contributed by atoms with Gasteiger partial charge in [0, 0.05) is 30.5 Å². The van der Waals surface area contributed by atoms with Gasteiger partial charge in [0.15, 0.2) is 38.7 Å². The Morgan fingerprint density at radius 3 is 2.24 bits per heavy atom. The lowest BCUT2D eigenvalue weighted by atomic mass is 9.97. The first-order valence-electron chi connectivity index (χ1n) is 13.1. The van der Waals surface area contributed by atoms with Gasteiger partial charge in [0.25, 0.3) is 0 Å². The predicted molar refractivity (Wildman–Crippen MR) is 150 cm³/mol. The molecule has 15 heteroatoms. The molecule has 5 aromatic rings. The number of oxazole rings is 1. The standard InChI is InChI=1S/C30H22F5N3O6S/c1-15-36-26(29(31,32)33)13-38(15)22-8-6-17(18-4-5-20(14-39)25(12-18)45(3,40)41)10-21(22)28-27(37-16(2)42-28)19-7-9-23-24(11-19)44-30(34,35)43-23/h4-13,39H,14H2,1-3H3. The molecule has 1 aliphatic heterocycles. The zero-order valence-corrected chi connectivity index (χ0v) is 24.4. The molecule has 0 radical (unpaired) electrons. The van der Waals surface area contributed by atoms with Crippen LogP contribution in [0.1, 0.15) is 23.0 Å². The molecule has 0 aliphatic carbocycles. The Kier molecular flexibility index (Phi) is 7.00. The average Bonchev–Trinajstić information content (AvgIpc) is 3.64. The summed E-state index contributed by atoms with van der Waals surface area (Å²) in [5.41, 5.74) is 0.805. The molecule has 1 aliphatic rings. The summed E-state index contributed by atoms with van der Waals surface area (Å²) < 4.78 is 109. The van der Waals surface area contributed by atoms with E-state index in [-0.39, 0.29) is 61.9 Å². The van der Waals surface area contributed by atoms with E-state index in [0.29, 0.717) is 11.1 Å². The number of hydrogen-bond donors (Lipinski definition) is 1. The van der Waals surface area contributed by atoms with E-state index in [2.05, 4.69) is 19.4 Å². The van der Waals surface area contributed by atoms with Crippen LogP contribution >= 0.6 is 0 Å². The summed E-state index contributed by atoms with van der Waals surface area (Å²) >= 11 is 0. The molecule has 0 saturated heterocycles. The molecule has 0 unspecified atom stereocenters. The molecular weight excluding hydrogens is 625 g/mol. The van der Waals surface area contributed by atoms with Crippen molar-refractivity contribution in [2.24, 2.45) is 0 Å². The molecule has 3 heterocycles. The Hall–Kier alpha value is -4.76. The summed E-state index contributed by atoms with van der Waals surface area (Å²) in [4.78, 5) is 8.00. The van der Waals surface area contributed by atoms with Crippen LogP contribution in [0.15, 0.2) is 70.1 Å². The van der Waals surface area contributed by atoms with Crippen molar-refractivity contribution < 1.29 is 49.4 Å². The van der Waals surface area contributed by atoms with Gasteiger partial charge in [-0.1, -0.05) is 18.2 Å². The highest BCUT2D eigenvalue weighted by atomic mass is 32.2. The van der Waals surface area contributed by atoms with Crippen molar-refractivity contribution >= 4 is 9.84 Å². The first-order chi connectivity index (χ1) is 21.0. The quantitative estimate of drug-likeness (QED) is 0.202. The van der Waals surface area contributed by atoms with Crippen LogP contribution in [0.2, 0.25) is 0 Å². The summed E-state index contributed by atoms with van der Waals surface area (Å²) in [6.45, 7) is 2.41. The summed E-state index contributed by atoms with van der Waals surface area (Å²) in [5, 5.41) is 9.68. The minimum absolute atomic E-state index is 0.00563. The van der Waals surface area contributed by atoms with Crippen LogP contribution in [0.3, 0.4) is 0 Å². The lowest BCUT2D eigenvalue weighted by Gasteiger charge is -2.15. The Morgan fingerprint density at radius 2 is 1.58 bits per heavy atom. The zero-order valence-electron chi connectivity index (χ0n) is 23.6. The Balaban J connectivity index is 1.58. The number of hydrogen-bond acceptors (Lipinski definition) is 8. The number of sulfone groups is 1. The number of aryl methyl sites for hydroxylation is 2. The van der Waals surface area contributed by atoms with Crippen LogP contribution in [0.5, 0.6) is 11.5 Å². The van der Waals surface area contributed by atoms with Crippen LogP contribution < -0.4 is 9.47 Å². The third-order valence-electron chi connectivity index (χ3n) is 7.05.